The first kappa shape index (κ1) is 49.8. The van der Waals surface area contributed by atoms with Gasteiger partial charge in [-0.3, -0.25) is 0 Å². The van der Waals surface area contributed by atoms with Crippen molar-refractivity contribution in [2.75, 3.05) is 9.80 Å². The SMILES string of the molecule is Cc1ccccc1N(c1ccc2c(-c3ccccc3)c3c(c(-c4ccccc4)c2c1)-c1c-3c(-c2ccccc2)c2ccc(N(c3ccccc3)c3cccc4c3oc3c(C(C)(C)C)cccc34)cc2c1-c1ccccc1)c1ccccc1C. The van der Waals surface area contributed by atoms with E-state index in [4.69, 9.17) is 4.42 Å². The molecule has 3 nitrogen and oxygen atoms in total. The number of furan rings is 1. The van der Waals surface area contributed by atoms with Gasteiger partial charge in [0.05, 0.1) is 5.69 Å². The van der Waals surface area contributed by atoms with Crippen LogP contribution in [0.3, 0.4) is 0 Å². The van der Waals surface area contributed by atoms with Crippen molar-refractivity contribution in [2.45, 2.75) is 40.0 Å². The average Bonchev–Trinajstić information content (AvgIpc) is 1.26. The molecule has 0 fully saturated rings. The minimum Gasteiger partial charge on any atom is -0.454 e. The maximum atomic E-state index is 7.18. The van der Waals surface area contributed by atoms with Crippen molar-refractivity contribution in [3.63, 3.8) is 0 Å². The van der Waals surface area contributed by atoms with Crippen molar-refractivity contribution in [2.24, 2.45) is 0 Å². The van der Waals surface area contributed by atoms with Gasteiger partial charge in [-0.2, -0.15) is 0 Å². The number of para-hydroxylation sites is 5. The fourth-order valence-electron chi connectivity index (χ4n) is 13.4. The van der Waals surface area contributed by atoms with E-state index in [0.29, 0.717) is 0 Å². The number of nitrogens with zero attached hydrogens (tertiary/aromatic N) is 2. The van der Waals surface area contributed by atoms with Gasteiger partial charge in [-0.15, -0.1) is 0 Å². The normalized spacial score (nSPS) is 11.9. The van der Waals surface area contributed by atoms with E-state index >= 15 is 0 Å². The predicted molar refractivity (Wildman–Crippen MR) is 352 cm³/mol. The van der Waals surface area contributed by atoms with Gasteiger partial charge in [-0.1, -0.05) is 239 Å². The van der Waals surface area contributed by atoms with Crippen LogP contribution in [0.15, 0.2) is 277 Å². The number of hydrogen-bond acceptors (Lipinski definition) is 3. The highest BCUT2D eigenvalue weighted by Gasteiger charge is 2.39. The second-order valence-corrected chi connectivity index (χ2v) is 23.2. The molecule has 0 radical (unpaired) electrons. The molecular weight excluding hydrogens is 1000 g/mol. The van der Waals surface area contributed by atoms with E-state index in [0.717, 1.165) is 61.6 Å². The van der Waals surface area contributed by atoms with E-state index < -0.39 is 0 Å². The van der Waals surface area contributed by atoms with Crippen LogP contribution in [0.5, 0.6) is 0 Å². The number of rotatable bonds is 10. The number of fused-ring (bicyclic) bond motifs is 9. The molecule has 0 atom stereocenters. The van der Waals surface area contributed by atoms with E-state index in [1.165, 1.54) is 99.4 Å². The maximum Gasteiger partial charge on any atom is 0.159 e. The molecule has 0 N–H and O–H groups in total. The lowest BCUT2D eigenvalue weighted by molar-refractivity contribution is 0.573. The van der Waals surface area contributed by atoms with Crippen molar-refractivity contribution >= 4 is 77.6 Å². The van der Waals surface area contributed by atoms with Crippen LogP contribution in [0, 0.1) is 13.8 Å². The Labute approximate surface area is 485 Å². The smallest absolute Gasteiger partial charge is 0.159 e. The second kappa shape index (κ2) is 19.8. The van der Waals surface area contributed by atoms with Crippen LogP contribution >= 0.6 is 0 Å². The summed E-state index contributed by atoms with van der Waals surface area (Å²) in [5, 5.41) is 6.99. The Kier molecular flexibility index (Phi) is 11.9. The number of hydrogen-bond donors (Lipinski definition) is 0. The molecule has 3 heteroatoms. The third-order valence-electron chi connectivity index (χ3n) is 17.1. The Balaban J connectivity index is 1.08. The first-order valence-electron chi connectivity index (χ1n) is 28.9. The van der Waals surface area contributed by atoms with Crippen LogP contribution in [-0.4, -0.2) is 0 Å². The van der Waals surface area contributed by atoms with Gasteiger partial charge in [0.1, 0.15) is 5.58 Å². The summed E-state index contributed by atoms with van der Waals surface area (Å²) in [6.45, 7) is 11.2. The molecule has 14 aromatic rings. The Hall–Kier alpha value is -10.2. The number of benzene rings is 13. The third-order valence-corrected chi connectivity index (χ3v) is 17.1. The van der Waals surface area contributed by atoms with E-state index in [2.05, 4.69) is 317 Å². The molecule has 0 saturated heterocycles. The topological polar surface area (TPSA) is 19.6 Å². The summed E-state index contributed by atoms with van der Waals surface area (Å²) in [7, 11) is 0. The lowest BCUT2D eigenvalue weighted by atomic mass is 9.65. The van der Waals surface area contributed by atoms with Gasteiger partial charge in [0, 0.05) is 44.8 Å². The maximum absolute atomic E-state index is 7.18. The lowest BCUT2D eigenvalue weighted by Gasteiger charge is -2.38. The highest BCUT2D eigenvalue weighted by atomic mass is 16.3. The lowest BCUT2D eigenvalue weighted by Crippen LogP contribution is -2.13. The molecule has 1 aromatic heterocycles. The predicted octanol–water partition coefficient (Wildman–Crippen LogP) is 23.1. The summed E-state index contributed by atoms with van der Waals surface area (Å²) >= 11 is 0. The van der Waals surface area contributed by atoms with Gasteiger partial charge >= 0.3 is 0 Å². The zero-order valence-corrected chi connectivity index (χ0v) is 47.3. The second-order valence-electron chi connectivity index (χ2n) is 23.2. The molecule has 15 rings (SSSR count). The van der Waals surface area contributed by atoms with E-state index in [-0.39, 0.29) is 5.41 Å². The molecule has 0 saturated carbocycles. The zero-order valence-electron chi connectivity index (χ0n) is 47.3. The van der Waals surface area contributed by atoms with E-state index in [1.807, 2.05) is 0 Å². The van der Waals surface area contributed by atoms with Crippen LogP contribution in [0.2, 0.25) is 0 Å². The van der Waals surface area contributed by atoms with Crippen molar-refractivity contribution in [3.8, 4) is 66.8 Å². The number of anilines is 6. The first-order valence-corrected chi connectivity index (χ1v) is 28.9. The van der Waals surface area contributed by atoms with Crippen LogP contribution in [0.25, 0.3) is 110 Å². The van der Waals surface area contributed by atoms with Crippen molar-refractivity contribution in [3.05, 3.63) is 290 Å². The zero-order chi connectivity index (χ0) is 55.9. The molecule has 1 aliphatic carbocycles. The van der Waals surface area contributed by atoms with Crippen LogP contribution < -0.4 is 9.80 Å². The van der Waals surface area contributed by atoms with Crippen LogP contribution in [-0.2, 0) is 5.41 Å². The molecule has 83 heavy (non-hydrogen) atoms. The van der Waals surface area contributed by atoms with Gasteiger partial charge in [-0.05, 0) is 173 Å². The standard InChI is InChI=1S/C80H60N2O/c1-51-27-21-23-42-67(51)82(68-43-24-22-28-52(68)2)59-46-48-61-65(50-59)73(56-35-17-9-18-36-56)77-75(71(61)54-31-13-7-14-32-54)74-70(53-29-11-6-12-30-53)60-47-45-58(49-64(60)72(76(74)77)55-33-15-8-16-34-55)81(57-37-19-10-20-38-57)69-44-26-40-63-62-39-25-41-66(80(3,4)5)78(62)83-79(63)69/h6-50H,1-5H3. The molecule has 0 spiro atoms. The molecule has 0 amide bonds. The Morgan fingerprint density at radius 3 is 1.06 bits per heavy atom. The summed E-state index contributed by atoms with van der Waals surface area (Å²) in [6, 6.07) is 100. The van der Waals surface area contributed by atoms with Crippen molar-refractivity contribution < 1.29 is 4.42 Å². The van der Waals surface area contributed by atoms with Gasteiger partial charge in [0.2, 0.25) is 0 Å². The summed E-state index contributed by atoms with van der Waals surface area (Å²) in [4.78, 5) is 4.86. The van der Waals surface area contributed by atoms with E-state index in [1.54, 1.807) is 0 Å². The third kappa shape index (κ3) is 8.10. The summed E-state index contributed by atoms with van der Waals surface area (Å²) < 4.78 is 7.18. The fraction of sp³-hybridized carbons (Fsp3) is 0.0750. The summed E-state index contributed by atoms with van der Waals surface area (Å²) in [5.41, 5.74) is 26.4. The quantitative estimate of drug-likeness (QED) is 0.136. The van der Waals surface area contributed by atoms with Gasteiger partial charge in [-0.25, -0.2) is 0 Å². The monoisotopic (exact) mass is 1060 g/mol. The molecule has 0 bridgehead atoms. The van der Waals surface area contributed by atoms with E-state index in [9.17, 15) is 0 Å². The molecule has 0 aliphatic heterocycles. The Morgan fingerprint density at radius 1 is 0.265 bits per heavy atom. The molecule has 13 aromatic carbocycles. The average molecular weight is 1070 g/mol. The van der Waals surface area contributed by atoms with Crippen molar-refractivity contribution in [1.82, 2.24) is 0 Å². The minimum absolute atomic E-state index is 0.116. The van der Waals surface area contributed by atoms with Gasteiger partial charge in [0.15, 0.2) is 5.58 Å². The molecule has 0 unspecified atom stereocenters. The van der Waals surface area contributed by atoms with Crippen molar-refractivity contribution in [1.29, 1.82) is 0 Å². The Morgan fingerprint density at radius 2 is 0.627 bits per heavy atom. The first-order chi connectivity index (χ1) is 40.7. The van der Waals surface area contributed by atoms with Crippen LogP contribution in [0.4, 0.5) is 34.1 Å². The molecule has 1 aliphatic rings. The van der Waals surface area contributed by atoms with Crippen LogP contribution in [0.1, 0.15) is 37.5 Å². The highest BCUT2D eigenvalue weighted by Crippen LogP contribution is 2.66. The summed E-state index contributed by atoms with van der Waals surface area (Å²) in [5.74, 6) is 0. The van der Waals surface area contributed by atoms with Gasteiger partial charge in [0.25, 0.3) is 0 Å². The molecule has 396 valence electrons. The Bertz CT molecular complexity index is 4780. The number of aryl methyl sites for hydroxylation is 2. The fourth-order valence-corrected chi connectivity index (χ4v) is 13.4. The molecule has 1 heterocycles. The molecular formula is C80H60N2O. The minimum atomic E-state index is -0.116. The highest BCUT2D eigenvalue weighted by molar-refractivity contribution is 6.33. The van der Waals surface area contributed by atoms with Gasteiger partial charge < -0.3 is 14.2 Å². The largest absolute Gasteiger partial charge is 0.454 e. The summed E-state index contributed by atoms with van der Waals surface area (Å²) in [6.07, 6.45) is 0.